The molecule has 0 bridgehead atoms. The largest absolute Gasteiger partial charge is 0.395 e. The first-order valence-electron chi connectivity index (χ1n) is 5.20. The number of hydrogen-bond donors (Lipinski definition) is 1. The molecular weight excluding hydrogens is 174 g/mol. The standard InChI is InChI=1S/C12H19NO/c1-3-8-13(9-10-14)12-6-4-11(2)5-7-12/h4-7,14H,3,8-10H2,1-2H3. The summed E-state index contributed by atoms with van der Waals surface area (Å²) in [6.45, 7) is 6.17. The number of rotatable bonds is 5. The van der Waals surface area contributed by atoms with Crippen molar-refractivity contribution in [2.75, 3.05) is 24.6 Å². The van der Waals surface area contributed by atoms with Crippen molar-refractivity contribution < 1.29 is 5.11 Å². The maximum Gasteiger partial charge on any atom is 0.0606 e. The number of aliphatic hydroxyl groups is 1. The van der Waals surface area contributed by atoms with Crippen molar-refractivity contribution in [2.24, 2.45) is 0 Å². The molecule has 1 aromatic rings. The fraction of sp³-hybridized carbons (Fsp3) is 0.500. The normalized spacial score (nSPS) is 10.2. The Balaban J connectivity index is 2.71. The lowest BCUT2D eigenvalue weighted by molar-refractivity contribution is 0.302. The Hall–Kier alpha value is -1.02. The minimum atomic E-state index is 0.216. The Kier molecular flexibility index (Phi) is 4.47. The number of anilines is 1. The Morgan fingerprint density at radius 2 is 1.79 bits per heavy atom. The first-order chi connectivity index (χ1) is 6.77. The van der Waals surface area contributed by atoms with Gasteiger partial charge in [0.2, 0.25) is 0 Å². The van der Waals surface area contributed by atoms with Gasteiger partial charge in [0.25, 0.3) is 0 Å². The molecular formula is C12H19NO. The Morgan fingerprint density at radius 3 is 2.29 bits per heavy atom. The Bertz CT molecular complexity index is 250. The second-order valence-electron chi connectivity index (χ2n) is 3.55. The van der Waals surface area contributed by atoms with E-state index in [1.807, 2.05) is 0 Å². The molecule has 0 amide bonds. The second kappa shape index (κ2) is 5.66. The molecule has 0 spiro atoms. The van der Waals surface area contributed by atoms with E-state index in [2.05, 4.69) is 43.0 Å². The summed E-state index contributed by atoms with van der Waals surface area (Å²) in [5.41, 5.74) is 2.47. The highest BCUT2D eigenvalue weighted by Gasteiger charge is 2.03. The van der Waals surface area contributed by atoms with Crippen LogP contribution >= 0.6 is 0 Å². The molecule has 2 heteroatoms. The van der Waals surface area contributed by atoms with E-state index in [1.165, 1.54) is 11.3 Å². The zero-order chi connectivity index (χ0) is 10.4. The molecule has 0 aliphatic heterocycles. The lowest BCUT2D eigenvalue weighted by atomic mass is 10.2. The lowest BCUT2D eigenvalue weighted by Gasteiger charge is -2.23. The maximum absolute atomic E-state index is 8.94. The van der Waals surface area contributed by atoms with Crippen LogP contribution in [0.25, 0.3) is 0 Å². The van der Waals surface area contributed by atoms with Crippen LogP contribution in [0.2, 0.25) is 0 Å². The molecule has 1 N–H and O–H groups in total. The third kappa shape index (κ3) is 3.04. The maximum atomic E-state index is 8.94. The quantitative estimate of drug-likeness (QED) is 0.775. The van der Waals surface area contributed by atoms with Crippen molar-refractivity contribution in [1.82, 2.24) is 0 Å². The van der Waals surface area contributed by atoms with E-state index in [1.54, 1.807) is 0 Å². The molecule has 78 valence electrons. The van der Waals surface area contributed by atoms with Gasteiger partial charge in [-0.25, -0.2) is 0 Å². The van der Waals surface area contributed by atoms with Gasteiger partial charge >= 0.3 is 0 Å². The van der Waals surface area contributed by atoms with Gasteiger partial charge in [-0.2, -0.15) is 0 Å². The van der Waals surface area contributed by atoms with Crippen molar-refractivity contribution in [3.8, 4) is 0 Å². The third-order valence-electron chi connectivity index (χ3n) is 2.26. The van der Waals surface area contributed by atoms with Crippen LogP contribution in [0.15, 0.2) is 24.3 Å². The number of nitrogens with zero attached hydrogens (tertiary/aromatic N) is 1. The number of aryl methyl sites for hydroxylation is 1. The van der Waals surface area contributed by atoms with Gasteiger partial charge in [-0.1, -0.05) is 24.6 Å². The van der Waals surface area contributed by atoms with Crippen LogP contribution in [0.1, 0.15) is 18.9 Å². The van der Waals surface area contributed by atoms with E-state index in [-0.39, 0.29) is 6.61 Å². The first kappa shape index (κ1) is 11.1. The van der Waals surface area contributed by atoms with Gasteiger partial charge in [-0.05, 0) is 25.5 Å². The summed E-state index contributed by atoms with van der Waals surface area (Å²) in [6, 6.07) is 8.44. The molecule has 0 atom stereocenters. The van der Waals surface area contributed by atoms with Crippen molar-refractivity contribution in [3.05, 3.63) is 29.8 Å². The van der Waals surface area contributed by atoms with E-state index in [0.29, 0.717) is 0 Å². The third-order valence-corrected chi connectivity index (χ3v) is 2.26. The van der Waals surface area contributed by atoms with Crippen LogP contribution in [0.3, 0.4) is 0 Å². The number of aliphatic hydroxyl groups excluding tert-OH is 1. The van der Waals surface area contributed by atoms with E-state index < -0.39 is 0 Å². The smallest absolute Gasteiger partial charge is 0.0606 e. The van der Waals surface area contributed by atoms with Crippen molar-refractivity contribution in [1.29, 1.82) is 0 Å². The fourth-order valence-electron chi connectivity index (χ4n) is 1.52. The molecule has 1 aromatic carbocycles. The average molecular weight is 193 g/mol. The number of benzene rings is 1. The highest BCUT2D eigenvalue weighted by molar-refractivity contribution is 5.47. The molecule has 14 heavy (non-hydrogen) atoms. The SMILES string of the molecule is CCCN(CCO)c1ccc(C)cc1. The molecule has 1 rings (SSSR count). The minimum Gasteiger partial charge on any atom is -0.395 e. The average Bonchev–Trinajstić information content (AvgIpc) is 2.19. The summed E-state index contributed by atoms with van der Waals surface area (Å²) in [6.07, 6.45) is 1.11. The van der Waals surface area contributed by atoms with Crippen LogP contribution in [0.4, 0.5) is 5.69 Å². The molecule has 0 aromatic heterocycles. The fourth-order valence-corrected chi connectivity index (χ4v) is 1.52. The van der Waals surface area contributed by atoms with Crippen molar-refractivity contribution in [3.63, 3.8) is 0 Å². The predicted octanol–water partition coefficient (Wildman–Crippen LogP) is 2.20. The summed E-state index contributed by atoms with van der Waals surface area (Å²) < 4.78 is 0. The van der Waals surface area contributed by atoms with Gasteiger partial charge in [0, 0.05) is 18.8 Å². The van der Waals surface area contributed by atoms with E-state index >= 15 is 0 Å². The second-order valence-corrected chi connectivity index (χ2v) is 3.55. The van der Waals surface area contributed by atoms with Gasteiger partial charge in [-0.3, -0.25) is 0 Å². The molecule has 0 aliphatic carbocycles. The highest BCUT2D eigenvalue weighted by Crippen LogP contribution is 2.14. The van der Waals surface area contributed by atoms with Crippen LogP contribution in [-0.2, 0) is 0 Å². The highest BCUT2D eigenvalue weighted by atomic mass is 16.3. The summed E-state index contributed by atoms with van der Waals surface area (Å²) >= 11 is 0. The molecule has 0 aliphatic rings. The monoisotopic (exact) mass is 193 g/mol. The molecule has 0 radical (unpaired) electrons. The minimum absolute atomic E-state index is 0.216. The van der Waals surface area contributed by atoms with Gasteiger partial charge in [0.1, 0.15) is 0 Å². The topological polar surface area (TPSA) is 23.5 Å². The molecule has 0 heterocycles. The van der Waals surface area contributed by atoms with Crippen LogP contribution in [0, 0.1) is 6.92 Å². The zero-order valence-electron chi connectivity index (χ0n) is 9.03. The van der Waals surface area contributed by atoms with Crippen LogP contribution in [-0.4, -0.2) is 24.8 Å². The molecule has 0 fully saturated rings. The Labute approximate surface area is 86.2 Å². The van der Waals surface area contributed by atoms with Crippen LogP contribution in [0.5, 0.6) is 0 Å². The molecule has 0 saturated carbocycles. The summed E-state index contributed by atoms with van der Waals surface area (Å²) in [4.78, 5) is 2.21. The van der Waals surface area contributed by atoms with Gasteiger partial charge in [-0.15, -0.1) is 0 Å². The van der Waals surface area contributed by atoms with E-state index in [9.17, 15) is 0 Å². The first-order valence-corrected chi connectivity index (χ1v) is 5.20. The van der Waals surface area contributed by atoms with Gasteiger partial charge in [0.15, 0.2) is 0 Å². The predicted molar refractivity (Wildman–Crippen MR) is 60.8 cm³/mol. The van der Waals surface area contributed by atoms with Crippen LogP contribution < -0.4 is 4.90 Å². The van der Waals surface area contributed by atoms with E-state index in [0.717, 1.165) is 19.5 Å². The summed E-state index contributed by atoms with van der Waals surface area (Å²) in [5, 5.41) is 8.94. The van der Waals surface area contributed by atoms with E-state index in [4.69, 9.17) is 5.11 Å². The van der Waals surface area contributed by atoms with Crippen molar-refractivity contribution in [2.45, 2.75) is 20.3 Å². The van der Waals surface area contributed by atoms with Gasteiger partial charge in [0.05, 0.1) is 6.61 Å². The summed E-state index contributed by atoms with van der Waals surface area (Å²) in [7, 11) is 0. The Morgan fingerprint density at radius 1 is 1.14 bits per heavy atom. The number of hydrogen-bond acceptors (Lipinski definition) is 2. The van der Waals surface area contributed by atoms with Crippen molar-refractivity contribution >= 4 is 5.69 Å². The molecule has 0 unspecified atom stereocenters. The molecule has 2 nitrogen and oxygen atoms in total. The summed E-state index contributed by atoms with van der Waals surface area (Å²) in [5.74, 6) is 0. The lowest BCUT2D eigenvalue weighted by Crippen LogP contribution is -2.27. The molecule has 0 saturated heterocycles. The van der Waals surface area contributed by atoms with Gasteiger partial charge < -0.3 is 10.0 Å². The zero-order valence-corrected chi connectivity index (χ0v) is 9.03.